The van der Waals surface area contributed by atoms with Crippen molar-refractivity contribution in [2.24, 2.45) is 0 Å². The van der Waals surface area contributed by atoms with E-state index in [1.54, 1.807) is 61.7 Å². The van der Waals surface area contributed by atoms with Crippen molar-refractivity contribution in [1.82, 2.24) is 0 Å². The van der Waals surface area contributed by atoms with E-state index in [0.717, 1.165) is 16.7 Å². The Morgan fingerprint density at radius 3 is 2.42 bits per heavy atom. The zero-order valence-electron chi connectivity index (χ0n) is 22.1. The molecule has 1 unspecified atom stereocenters. The number of allylic oxidation sites excluding steroid dienone is 2. The number of carbonyl (C=O) groups excluding carboxylic acids is 1. The van der Waals surface area contributed by atoms with Gasteiger partial charge in [-0.3, -0.25) is 0 Å². The molecular weight excluding hydrogens is 464 g/mol. The van der Waals surface area contributed by atoms with E-state index in [-0.39, 0.29) is 30.7 Å². The molecule has 0 bridgehead atoms. The molecule has 0 amide bonds. The van der Waals surface area contributed by atoms with Crippen LogP contribution in [0, 0.1) is 0 Å². The summed E-state index contributed by atoms with van der Waals surface area (Å²) < 4.78 is 39.5. The number of methoxy groups -OCH3 is 5. The van der Waals surface area contributed by atoms with Gasteiger partial charge in [0.15, 0.2) is 11.5 Å². The standard InChI is InChI=1S/C28H36O8/c1-8-17(2)28(29)36-16-21-20(11-18-9-10-22(30-3)23(12-18)31-4)15-35-26(21)19-13-24(32-5)27(34-7)25(14-19)33-6/h8-10,12-13,15,19,25,27H,11,14,16H2,1-7H3/b17-8-/t19?,25-,27+/m1/s1. The highest BCUT2D eigenvalue weighted by atomic mass is 16.6. The molecule has 0 saturated heterocycles. The van der Waals surface area contributed by atoms with Crippen LogP contribution in [0.25, 0.3) is 0 Å². The maximum atomic E-state index is 12.4. The summed E-state index contributed by atoms with van der Waals surface area (Å²) in [7, 11) is 8.10. The normalized spacial score (nSPS) is 20.0. The van der Waals surface area contributed by atoms with Gasteiger partial charge in [0.25, 0.3) is 0 Å². The van der Waals surface area contributed by atoms with Crippen LogP contribution in [0.5, 0.6) is 11.5 Å². The predicted octanol–water partition coefficient (Wildman–Crippen LogP) is 4.94. The van der Waals surface area contributed by atoms with E-state index in [1.807, 2.05) is 24.3 Å². The summed E-state index contributed by atoms with van der Waals surface area (Å²) in [5.74, 6) is 2.17. The van der Waals surface area contributed by atoms with E-state index >= 15 is 0 Å². The van der Waals surface area contributed by atoms with Gasteiger partial charge in [0.05, 0.1) is 33.7 Å². The van der Waals surface area contributed by atoms with Gasteiger partial charge in [0.1, 0.15) is 24.2 Å². The third-order valence-corrected chi connectivity index (χ3v) is 6.56. The van der Waals surface area contributed by atoms with Crippen LogP contribution < -0.4 is 9.47 Å². The molecule has 8 nitrogen and oxygen atoms in total. The highest BCUT2D eigenvalue weighted by Gasteiger charge is 2.36. The van der Waals surface area contributed by atoms with Crippen molar-refractivity contribution in [1.29, 1.82) is 0 Å². The second-order valence-corrected chi connectivity index (χ2v) is 8.56. The number of ether oxygens (including phenoxy) is 6. The maximum Gasteiger partial charge on any atom is 0.333 e. The minimum atomic E-state index is -0.368. The van der Waals surface area contributed by atoms with Crippen molar-refractivity contribution in [3.8, 4) is 11.5 Å². The van der Waals surface area contributed by atoms with Crippen LogP contribution in [0.1, 0.15) is 48.6 Å². The SMILES string of the molecule is C/C=C(/C)C(=O)OCc1c(Cc2ccc(OC)c(OC)c2)coc1C1C=C(OC)[C@H](OC)[C@H](OC)C1. The Hall–Kier alpha value is -3.23. The topological polar surface area (TPSA) is 85.6 Å². The van der Waals surface area contributed by atoms with Gasteiger partial charge in [0, 0.05) is 43.3 Å². The van der Waals surface area contributed by atoms with Gasteiger partial charge in [-0.05, 0) is 44.0 Å². The molecule has 0 aliphatic heterocycles. The highest BCUT2D eigenvalue weighted by Crippen LogP contribution is 2.38. The molecule has 0 spiro atoms. The van der Waals surface area contributed by atoms with Crippen LogP contribution in [0.15, 0.2) is 52.4 Å². The average molecular weight is 501 g/mol. The smallest absolute Gasteiger partial charge is 0.333 e. The molecule has 0 radical (unpaired) electrons. The van der Waals surface area contributed by atoms with Gasteiger partial charge in [-0.2, -0.15) is 0 Å². The van der Waals surface area contributed by atoms with Crippen LogP contribution in [0.2, 0.25) is 0 Å². The maximum absolute atomic E-state index is 12.4. The molecule has 1 aromatic heterocycles. The Balaban J connectivity index is 2.00. The van der Waals surface area contributed by atoms with Crippen LogP contribution in [0.4, 0.5) is 0 Å². The lowest BCUT2D eigenvalue weighted by Crippen LogP contribution is -2.37. The molecule has 1 aliphatic carbocycles. The zero-order chi connectivity index (χ0) is 26.2. The van der Waals surface area contributed by atoms with E-state index < -0.39 is 0 Å². The van der Waals surface area contributed by atoms with Gasteiger partial charge >= 0.3 is 5.97 Å². The van der Waals surface area contributed by atoms with Crippen molar-refractivity contribution in [3.05, 3.63) is 70.4 Å². The molecule has 2 aromatic rings. The lowest BCUT2D eigenvalue weighted by molar-refractivity contribution is -0.140. The Bertz CT molecular complexity index is 1100. The summed E-state index contributed by atoms with van der Waals surface area (Å²) in [6, 6.07) is 5.77. The number of hydrogen-bond acceptors (Lipinski definition) is 8. The third kappa shape index (κ3) is 5.94. The summed E-state index contributed by atoms with van der Waals surface area (Å²) in [4.78, 5) is 12.4. The molecular formula is C28H36O8. The van der Waals surface area contributed by atoms with E-state index in [9.17, 15) is 4.79 Å². The van der Waals surface area contributed by atoms with Crippen LogP contribution in [-0.2, 0) is 36.8 Å². The summed E-state index contributed by atoms with van der Waals surface area (Å²) in [6.07, 6.45) is 6.09. The fourth-order valence-electron chi connectivity index (χ4n) is 4.41. The summed E-state index contributed by atoms with van der Waals surface area (Å²) in [5.41, 5.74) is 3.29. The van der Waals surface area contributed by atoms with E-state index in [0.29, 0.717) is 41.4 Å². The molecule has 196 valence electrons. The average Bonchev–Trinajstić information content (AvgIpc) is 3.31. The zero-order valence-corrected chi connectivity index (χ0v) is 22.1. The predicted molar refractivity (Wildman–Crippen MR) is 134 cm³/mol. The summed E-state index contributed by atoms with van der Waals surface area (Å²) >= 11 is 0. The fraction of sp³-hybridized carbons (Fsp3) is 0.464. The first-order chi connectivity index (χ1) is 17.4. The molecule has 1 aliphatic rings. The van der Waals surface area contributed by atoms with Crippen LogP contribution in [0.3, 0.4) is 0 Å². The fourth-order valence-corrected chi connectivity index (χ4v) is 4.41. The molecule has 36 heavy (non-hydrogen) atoms. The number of benzene rings is 1. The van der Waals surface area contributed by atoms with E-state index in [2.05, 4.69) is 0 Å². The molecule has 8 heteroatoms. The van der Waals surface area contributed by atoms with Gasteiger partial charge in [-0.15, -0.1) is 0 Å². The number of hydrogen-bond donors (Lipinski definition) is 0. The van der Waals surface area contributed by atoms with E-state index in [4.69, 9.17) is 32.8 Å². The lowest BCUT2D eigenvalue weighted by Gasteiger charge is -2.33. The summed E-state index contributed by atoms with van der Waals surface area (Å²) in [5, 5.41) is 0. The molecule has 0 fully saturated rings. The van der Waals surface area contributed by atoms with Crippen LogP contribution in [-0.4, -0.2) is 53.7 Å². The minimum absolute atomic E-state index is 0.0798. The molecule has 0 N–H and O–H groups in total. The second-order valence-electron chi connectivity index (χ2n) is 8.56. The monoisotopic (exact) mass is 500 g/mol. The first kappa shape index (κ1) is 27.4. The Morgan fingerprint density at radius 2 is 1.81 bits per heavy atom. The highest BCUT2D eigenvalue weighted by molar-refractivity contribution is 5.87. The Kier molecular flexibility index (Phi) is 9.61. The molecule has 1 aromatic carbocycles. The van der Waals surface area contributed by atoms with Gasteiger partial charge < -0.3 is 32.8 Å². The van der Waals surface area contributed by atoms with Gasteiger partial charge in [-0.1, -0.05) is 12.1 Å². The third-order valence-electron chi connectivity index (χ3n) is 6.56. The first-order valence-corrected chi connectivity index (χ1v) is 11.8. The number of esters is 1. The molecule has 0 saturated carbocycles. The molecule has 3 atom stereocenters. The van der Waals surface area contributed by atoms with Crippen molar-refractivity contribution in [2.75, 3.05) is 35.5 Å². The van der Waals surface area contributed by atoms with Crippen molar-refractivity contribution < 1.29 is 37.6 Å². The minimum Gasteiger partial charge on any atom is -0.499 e. The van der Waals surface area contributed by atoms with Crippen molar-refractivity contribution in [2.45, 2.75) is 51.4 Å². The Morgan fingerprint density at radius 1 is 1.06 bits per heavy atom. The quantitative estimate of drug-likeness (QED) is 0.317. The van der Waals surface area contributed by atoms with Crippen molar-refractivity contribution in [3.63, 3.8) is 0 Å². The first-order valence-electron chi connectivity index (χ1n) is 11.8. The molecule has 1 heterocycles. The number of rotatable bonds is 11. The van der Waals surface area contributed by atoms with E-state index in [1.165, 1.54) is 0 Å². The second kappa shape index (κ2) is 12.6. The van der Waals surface area contributed by atoms with Gasteiger partial charge in [0.2, 0.25) is 0 Å². The van der Waals surface area contributed by atoms with Gasteiger partial charge in [-0.25, -0.2) is 4.79 Å². The Labute approximate surface area is 212 Å². The lowest BCUT2D eigenvalue weighted by atomic mass is 9.86. The largest absolute Gasteiger partial charge is 0.499 e. The number of furan rings is 1. The van der Waals surface area contributed by atoms with Crippen LogP contribution >= 0.6 is 0 Å². The van der Waals surface area contributed by atoms with Crippen molar-refractivity contribution >= 4 is 5.97 Å². The molecule has 3 rings (SSSR count). The number of carbonyl (C=O) groups is 1. The summed E-state index contributed by atoms with van der Waals surface area (Å²) in [6.45, 7) is 3.61.